The summed E-state index contributed by atoms with van der Waals surface area (Å²) in [5, 5.41) is 14.0. The minimum Gasteiger partial charge on any atom is -0.504 e. The van der Waals surface area contributed by atoms with Gasteiger partial charge < -0.3 is 20.1 Å². The average Bonchev–Trinajstić information content (AvgIpc) is 2.86. The number of aryl methyl sites for hydroxylation is 2. The molecular weight excluding hydrogens is 442 g/mol. The monoisotopic (exact) mass is 469 g/mol. The van der Waals surface area contributed by atoms with Crippen molar-refractivity contribution in [2.75, 3.05) is 19.5 Å². The Bertz CT molecular complexity index is 1400. The lowest BCUT2D eigenvalue weighted by Gasteiger charge is -2.28. The van der Waals surface area contributed by atoms with E-state index in [9.17, 15) is 14.7 Å². The lowest BCUT2D eigenvalue weighted by molar-refractivity contribution is -0.120. The van der Waals surface area contributed by atoms with Crippen LogP contribution in [0.4, 0.5) is 5.69 Å². The zero-order valence-corrected chi connectivity index (χ0v) is 20.1. The normalized spacial score (nSPS) is 11.7. The van der Waals surface area contributed by atoms with Gasteiger partial charge in [-0.25, -0.2) is 4.98 Å². The fourth-order valence-corrected chi connectivity index (χ4v) is 4.10. The van der Waals surface area contributed by atoms with Gasteiger partial charge in [-0.3, -0.25) is 9.59 Å². The number of nitrogens with zero attached hydrogens (tertiary/aromatic N) is 2. The second-order valence-electron chi connectivity index (χ2n) is 8.40. The number of likely N-dealkylation sites (N-methyl/N-ethyl adjacent to an activating group) is 1. The fourth-order valence-electron chi connectivity index (χ4n) is 4.10. The van der Waals surface area contributed by atoms with Crippen molar-refractivity contribution in [3.05, 3.63) is 95.2 Å². The number of aromatic hydroxyl groups is 1. The summed E-state index contributed by atoms with van der Waals surface area (Å²) in [5.74, 6) is -0.663. The number of amides is 2. The van der Waals surface area contributed by atoms with Crippen LogP contribution < -0.4 is 10.1 Å². The number of hydrogen-bond acceptors (Lipinski definition) is 5. The first-order valence-corrected chi connectivity index (χ1v) is 11.2. The third-order valence-electron chi connectivity index (χ3n) is 6.02. The third kappa shape index (κ3) is 4.80. The number of aromatic nitrogens is 1. The van der Waals surface area contributed by atoms with Crippen molar-refractivity contribution in [1.29, 1.82) is 0 Å². The summed E-state index contributed by atoms with van der Waals surface area (Å²) in [6.07, 6.45) is 0. The van der Waals surface area contributed by atoms with Crippen LogP contribution in [-0.2, 0) is 4.79 Å². The van der Waals surface area contributed by atoms with Crippen molar-refractivity contribution in [2.45, 2.75) is 19.9 Å². The van der Waals surface area contributed by atoms with Gasteiger partial charge in [0.1, 0.15) is 11.7 Å². The minimum absolute atomic E-state index is 0.0599. The van der Waals surface area contributed by atoms with E-state index >= 15 is 0 Å². The molecule has 0 aliphatic carbocycles. The quantitative estimate of drug-likeness (QED) is 0.414. The number of methoxy groups -OCH3 is 1. The van der Waals surface area contributed by atoms with Crippen LogP contribution in [0.5, 0.6) is 11.5 Å². The largest absolute Gasteiger partial charge is 0.504 e. The number of anilines is 1. The molecule has 0 aliphatic rings. The molecule has 178 valence electrons. The van der Waals surface area contributed by atoms with Gasteiger partial charge in [0.25, 0.3) is 11.8 Å². The molecule has 1 aromatic heterocycles. The summed E-state index contributed by atoms with van der Waals surface area (Å²) in [6, 6.07) is 20.3. The van der Waals surface area contributed by atoms with Crippen LogP contribution in [0.1, 0.15) is 33.2 Å². The van der Waals surface area contributed by atoms with Crippen LogP contribution in [0.2, 0.25) is 0 Å². The standard InChI is InChI=1S/C28H27N3O4/c1-17-8-7-9-18(2)25(17)30-27(33)26(20-13-15-23(32)24(16-20)35-4)31(3)28(34)22-14-12-19-10-5-6-11-21(19)29-22/h5-16,26,32H,1-4H3,(H,30,33)/t26-/m0/s1. The molecule has 4 aromatic rings. The van der Waals surface area contributed by atoms with Crippen molar-refractivity contribution in [1.82, 2.24) is 9.88 Å². The smallest absolute Gasteiger partial charge is 0.273 e. The van der Waals surface area contributed by atoms with Crippen LogP contribution >= 0.6 is 0 Å². The van der Waals surface area contributed by atoms with Crippen LogP contribution in [0, 0.1) is 13.8 Å². The zero-order chi connectivity index (χ0) is 25.1. The molecule has 3 aromatic carbocycles. The second kappa shape index (κ2) is 9.85. The number of nitrogens with one attached hydrogen (secondary N) is 1. The maximum Gasteiger partial charge on any atom is 0.273 e. The van der Waals surface area contributed by atoms with Gasteiger partial charge >= 0.3 is 0 Å². The molecule has 0 fully saturated rings. The van der Waals surface area contributed by atoms with Crippen LogP contribution in [0.15, 0.2) is 72.8 Å². The number of carbonyl (C=O) groups is 2. The topological polar surface area (TPSA) is 91.8 Å². The first-order chi connectivity index (χ1) is 16.8. The zero-order valence-electron chi connectivity index (χ0n) is 20.1. The Hall–Kier alpha value is -4.39. The highest BCUT2D eigenvalue weighted by Gasteiger charge is 2.31. The second-order valence-corrected chi connectivity index (χ2v) is 8.40. The number of phenolic OH excluding ortho intramolecular Hbond substituents is 1. The number of para-hydroxylation sites is 2. The number of fused-ring (bicyclic) bond motifs is 1. The molecule has 0 saturated heterocycles. The molecular formula is C28H27N3O4. The number of carbonyl (C=O) groups excluding carboxylic acids is 2. The molecule has 0 aliphatic heterocycles. The number of hydrogen-bond donors (Lipinski definition) is 2. The van der Waals surface area contributed by atoms with Crippen molar-refractivity contribution in [3.63, 3.8) is 0 Å². The number of benzene rings is 3. The van der Waals surface area contributed by atoms with Gasteiger partial charge in [-0.2, -0.15) is 0 Å². The average molecular weight is 470 g/mol. The molecule has 2 amide bonds. The van der Waals surface area contributed by atoms with Gasteiger partial charge in [0.15, 0.2) is 11.5 Å². The molecule has 0 saturated carbocycles. The Labute approximate surface area is 204 Å². The van der Waals surface area contributed by atoms with Crippen LogP contribution in [0.25, 0.3) is 10.9 Å². The van der Waals surface area contributed by atoms with Gasteiger partial charge in [0.05, 0.1) is 12.6 Å². The highest BCUT2D eigenvalue weighted by molar-refractivity contribution is 6.02. The molecule has 0 unspecified atom stereocenters. The highest BCUT2D eigenvalue weighted by Crippen LogP contribution is 2.32. The van der Waals surface area contributed by atoms with E-state index in [0.29, 0.717) is 16.8 Å². The maximum atomic E-state index is 13.7. The lowest BCUT2D eigenvalue weighted by atomic mass is 10.0. The molecule has 7 heteroatoms. The number of pyridine rings is 1. The third-order valence-corrected chi connectivity index (χ3v) is 6.02. The molecule has 35 heavy (non-hydrogen) atoms. The van der Waals surface area contributed by atoms with Crippen molar-refractivity contribution >= 4 is 28.4 Å². The lowest BCUT2D eigenvalue weighted by Crippen LogP contribution is -2.39. The van der Waals surface area contributed by atoms with Crippen LogP contribution in [-0.4, -0.2) is 41.0 Å². The van der Waals surface area contributed by atoms with E-state index in [1.807, 2.05) is 62.4 Å². The minimum atomic E-state index is -1.01. The number of ether oxygens (including phenoxy) is 1. The van der Waals surface area contributed by atoms with Gasteiger partial charge in [0, 0.05) is 18.1 Å². The van der Waals surface area contributed by atoms with Crippen molar-refractivity contribution in [2.24, 2.45) is 0 Å². The van der Waals surface area contributed by atoms with E-state index in [2.05, 4.69) is 10.3 Å². The Kier molecular flexibility index (Phi) is 6.68. The summed E-state index contributed by atoms with van der Waals surface area (Å²) in [6.45, 7) is 3.82. The summed E-state index contributed by atoms with van der Waals surface area (Å²) in [7, 11) is 2.99. The summed E-state index contributed by atoms with van der Waals surface area (Å²) in [5.41, 5.74) is 3.91. The van der Waals surface area contributed by atoms with E-state index in [-0.39, 0.29) is 17.2 Å². The molecule has 4 rings (SSSR count). The fraction of sp³-hybridized carbons (Fsp3) is 0.179. The molecule has 2 N–H and O–H groups in total. The molecule has 7 nitrogen and oxygen atoms in total. The number of rotatable bonds is 6. The predicted octanol–water partition coefficient (Wildman–Crippen LogP) is 5.02. The Balaban J connectivity index is 1.75. The molecule has 1 atom stereocenters. The molecule has 0 spiro atoms. The van der Waals surface area contributed by atoms with Crippen molar-refractivity contribution < 1.29 is 19.4 Å². The summed E-state index contributed by atoms with van der Waals surface area (Å²) < 4.78 is 5.25. The summed E-state index contributed by atoms with van der Waals surface area (Å²) >= 11 is 0. The van der Waals surface area contributed by atoms with E-state index in [1.54, 1.807) is 25.2 Å². The van der Waals surface area contributed by atoms with E-state index in [4.69, 9.17) is 4.74 Å². The first-order valence-electron chi connectivity index (χ1n) is 11.2. The predicted molar refractivity (Wildman–Crippen MR) is 136 cm³/mol. The molecule has 0 radical (unpaired) electrons. The van der Waals surface area contributed by atoms with Gasteiger partial charge in [-0.15, -0.1) is 0 Å². The van der Waals surface area contributed by atoms with E-state index in [0.717, 1.165) is 16.5 Å². The van der Waals surface area contributed by atoms with Gasteiger partial charge in [0.2, 0.25) is 0 Å². The Morgan fingerprint density at radius 2 is 1.69 bits per heavy atom. The number of phenols is 1. The Morgan fingerprint density at radius 1 is 0.971 bits per heavy atom. The maximum absolute atomic E-state index is 13.7. The summed E-state index contributed by atoms with van der Waals surface area (Å²) in [4.78, 5) is 33.0. The van der Waals surface area contributed by atoms with E-state index in [1.165, 1.54) is 18.1 Å². The van der Waals surface area contributed by atoms with Crippen molar-refractivity contribution in [3.8, 4) is 11.5 Å². The van der Waals surface area contributed by atoms with E-state index < -0.39 is 17.9 Å². The van der Waals surface area contributed by atoms with Gasteiger partial charge in [-0.1, -0.05) is 48.5 Å². The molecule has 1 heterocycles. The SMILES string of the molecule is COc1cc([C@@H](C(=O)Nc2c(C)cccc2C)N(C)C(=O)c2ccc3ccccc3n2)ccc1O. The molecule has 0 bridgehead atoms. The Morgan fingerprint density at radius 3 is 2.40 bits per heavy atom. The van der Waals surface area contributed by atoms with Crippen LogP contribution in [0.3, 0.4) is 0 Å². The first kappa shape index (κ1) is 23.8. The van der Waals surface area contributed by atoms with Gasteiger partial charge in [-0.05, 0) is 54.8 Å². The highest BCUT2D eigenvalue weighted by atomic mass is 16.5.